The molecule has 0 amide bonds. The summed E-state index contributed by atoms with van der Waals surface area (Å²) in [5, 5.41) is 0. The Balaban J connectivity index is 1.54. The number of ether oxygens (including phenoxy) is 1. The van der Waals surface area contributed by atoms with E-state index in [0.29, 0.717) is 11.4 Å². The molecule has 144 valence electrons. The zero-order valence-corrected chi connectivity index (χ0v) is 16.4. The number of para-hydroxylation sites is 1. The van der Waals surface area contributed by atoms with Crippen LogP contribution in [0.3, 0.4) is 0 Å². The standard InChI is InChI=1S/C22H22N2O3S/c1-27-20-12-14-21(15-13-20)28(25,26)23-18-8-10-19(11-9-18)24-16-4-6-17-5-2-3-7-22(17)24/h2-3,5,7-15,23H,4,6,16H2,1H3. The number of nitrogens with zero attached hydrogens (tertiary/aromatic N) is 1. The van der Waals surface area contributed by atoms with E-state index in [2.05, 4.69) is 33.9 Å². The summed E-state index contributed by atoms with van der Waals surface area (Å²) in [6.45, 7) is 0.952. The maximum absolute atomic E-state index is 12.6. The topological polar surface area (TPSA) is 58.6 Å². The SMILES string of the molecule is COc1ccc(S(=O)(=O)Nc2ccc(N3CCCc4ccccc43)cc2)cc1. The van der Waals surface area contributed by atoms with Crippen molar-refractivity contribution in [1.82, 2.24) is 0 Å². The van der Waals surface area contributed by atoms with Gasteiger partial charge in [-0.05, 0) is 73.0 Å². The average molecular weight is 394 g/mol. The molecule has 0 radical (unpaired) electrons. The summed E-state index contributed by atoms with van der Waals surface area (Å²) in [6.07, 6.45) is 2.19. The molecular weight excluding hydrogens is 372 g/mol. The fraction of sp³-hybridized carbons (Fsp3) is 0.182. The number of hydrogen-bond acceptors (Lipinski definition) is 4. The molecule has 6 heteroatoms. The van der Waals surface area contributed by atoms with Crippen LogP contribution in [0.1, 0.15) is 12.0 Å². The highest BCUT2D eigenvalue weighted by atomic mass is 32.2. The van der Waals surface area contributed by atoms with Gasteiger partial charge in [0.15, 0.2) is 0 Å². The van der Waals surface area contributed by atoms with Gasteiger partial charge < -0.3 is 9.64 Å². The normalized spacial score (nSPS) is 13.7. The minimum absolute atomic E-state index is 0.197. The predicted octanol–water partition coefficient (Wildman–Crippen LogP) is 4.58. The molecule has 1 aliphatic heterocycles. The van der Waals surface area contributed by atoms with Gasteiger partial charge in [-0.25, -0.2) is 8.42 Å². The van der Waals surface area contributed by atoms with Crippen molar-refractivity contribution in [2.45, 2.75) is 17.7 Å². The summed E-state index contributed by atoms with van der Waals surface area (Å²) in [5.41, 5.74) is 4.16. The number of sulfonamides is 1. The molecule has 0 fully saturated rings. The summed E-state index contributed by atoms with van der Waals surface area (Å²) in [5.74, 6) is 0.616. The molecule has 4 rings (SSSR count). The second kappa shape index (κ2) is 7.56. The molecule has 1 N–H and O–H groups in total. The number of hydrogen-bond donors (Lipinski definition) is 1. The zero-order valence-electron chi connectivity index (χ0n) is 15.6. The van der Waals surface area contributed by atoms with Crippen LogP contribution in [0.4, 0.5) is 17.1 Å². The lowest BCUT2D eigenvalue weighted by Crippen LogP contribution is -2.24. The highest BCUT2D eigenvalue weighted by molar-refractivity contribution is 7.92. The van der Waals surface area contributed by atoms with Crippen molar-refractivity contribution in [3.8, 4) is 5.75 Å². The van der Waals surface area contributed by atoms with Gasteiger partial charge in [-0.2, -0.15) is 0 Å². The van der Waals surface area contributed by atoms with Crippen LogP contribution in [0.5, 0.6) is 5.75 Å². The van der Waals surface area contributed by atoms with Gasteiger partial charge in [0.05, 0.1) is 12.0 Å². The minimum Gasteiger partial charge on any atom is -0.497 e. The zero-order chi connectivity index (χ0) is 19.6. The number of fused-ring (bicyclic) bond motifs is 1. The number of methoxy groups -OCH3 is 1. The molecule has 1 heterocycles. The quantitative estimate of drug-likeness (QED) is 0.688. The third-order valence-electron chi connectivity index (χ3n) is 4.91. The molecule has 0 bridgehead atoms. The van der Waals surface area contributed by atoms with E-state index in [-0.39, 0.29) is 4.90 Å². The number of anilines is 3. The second-order valence-electron chi connectivity index (χ2n) is 6.71. The van der Waals surface area contributed by atoms with E-state index in [1.807, 2.05) is 12.1 Å². The van der Waals surface area contributed by atoms with Gasteiger partial charge in [0.1, 0.15) is 5.75 Å². The molecule has 28 heavy (non-hydrogen) atoms. The summed E-state index contributed by atoms with van der Waals surface area (Å²) in [7, 11) is -2.10. The van der Waals surface area contributed by atoms with Crippen LogP contribution in [0.25, 0.3) is 0 Å². The van der Waals surface area contributed by atoms with Crippen molar-refractivity contribution >= 4 is 27.1 Å². The van der Waals surface area contributed by atoms with Gasteiger partial charge in [-0.3, -0.25) is 4.72 Å². The van der Waals surface area contributed by atoms with Crippen molar-refractivity contribution in [3.63, 3.8) is 0 Å². The number of benzene rings is 3. The summed E-state index contributed by atoms with van der Waals surface area (Å²) in [4.78, 5) is 2.47. The summed E-state index contributed by atoms with van der Waals surface area (Å²) in [6, 6.07) is 22.2. The first-order chi connectivity index (χ1) is 13.6. The van der Waals surface area contributed by atoms with Crippen LogP contribution in [0.2, 0.25) is 0 Å². The van der Waals surface area contributed by atoms with Gasteiger partial charge in [-0.15, -0.1) is 0 Å². The lowest BCUT2D eigenvalue weighted by Gasteiger charge is -2.31. The highest BCUT2D eigenvalue weighted by Gasteiger charge is 2.18. The van der Waals surface area contributed by atoms with Gasteiger partial charge >= 0.3 is 0 Å². The Kier molecular flexibility index (Phi) is 4.96. The minimum atomic E-state index is -3.64. The maximum Gasteiger partial charge on any atom is 0.261 e. The van der Waals surface area contributed by atoms with Crippen LogP contribution in [0, 0.1) is 0 Å². The Morgan fingerprint density at radius 1 is 0.929 bits per heavy atom. The Morgan fingerprint density at radius 2 is 1.64 bits per heavy atom. The molecule has 0 unspecified atom stereocenters. The maximum atomic E-state index is 12.6. The molecule has 0 saturated carbocycles. The van der Waals surface area contributed by atoms with E-state index < -0.39 is 10.0 Å². The first-order valence-corrected chi connectivity index (χ1v) is 10.7. The Morgan fingerprint density at radius 3 is 2.36 bits per heavy atom. The van der Waals surface area contributed by atoms with E-state index >= 15 is 0 Å². The number of rotatable bonds is 5. The number of nitrogens with one attached hydrogen (secondary N) is 1. The molecule has 0 aromatic heterocycles. The van der Waals surface area contributed by atoms with Crippen molar-refractivity contribution in [1.29, 1.82) is 0 Å². The van der Waals surface area contributed by atoms with Crippen molar-refractivity contribution < 1.29 is 13.2 Å². The molecule has 5 nitrogen and oxygen atoms in total. The Hall–Kier alpha value is -2.99. The van der Waals surface area contributed by atoms with Gasteiger partial charge in [-0.1, -0.05) is 18.2 Å². The van der Waals surface area contributed by atoms with E-state index in [9.17, 15) is 8.42 Å². The largest absolute Gasteiger partial charge is 0.497 e. The van der Waals surface area contributed by atoms with Crippen molar-refractivity contribution in [3.05, 3.63) is 78.4 Å². The van der Waals surface area contributed by atoms with Crippen LogP contribution in [0.15, 0.2) is 77.7 Å². The van der Waals surface area contributed by atoms with Gasteiger partial charge in [0, 0.05) is 23.6 Å². The molecule has 0 saturated heterocycles. The van der Waals surface area contributed by atoms with E-state index in [1.165, 1.54) is 23.4 Å². The van der Waals surface area contributed by atoms with E-state index in [0.717, 1.165) is 25.1 Å². The Bertz CT molecular complexity index is 1060. The molecule has 0 spiro atoms. The third-order valence-corrected chi connectivity index (χ3v) is 6.31. The lowest BCUT2D eigenvalue weighted by atomic mass is 10.0. The fourth-order valence-corrected chi connectivity index (χ4v) is 4.54. The van der Waals surface area contributed by atoms with Crippen LogP contribution < -0.4 is 14.4 Å². The first-order valence-electron chi connectivity index (χ1n) is 9.19. The lowest BCUT2D eigenvalue weighted by molar-refractivity contribution is 0.414. The first kappa shape index (κ1) is 18.4. The van der Waals surface area contributed by atoms with E-state index in [4.69, 9.17) is 4.74 Å². The molecule has 3 aromatic carbocycles. The summed E-state index contributed by atoms with van der Waals surface area (Å²) < 4.78 is 32.9. The third kappa shape index (κ3) is 3.68. The smallest absolute Gasteiger partial charge is 0.261 e. The Labute approximate surface area is 165 Å². The van der Waals surface area contributed by atoms with Gasteiger partial charge in [0.2, 0.25) is 0 Å². The van der Waals surface area contributed by atoms with Crippen LogP contribution in [-0.2, 0) is 16.4 Å². The highest BCUT2D eigenvalue weighted by Crippen LogP contribution is 2.33. The molecule has 0 aliphatic carbocycles. The molecular formula is C22H22N2O3S. The van der Waals surface area contributed by atoms with Crippen molar-refractivity contribution in [2.75, 3.05) is 23.3 Å². The predicted molar refractivity (Wildman–Crippen MR) is 112 cm³/mol. The summed E-state index contributed by atoms with van der Waals surface area (Å²) >= 11 is 0. The van der Waals surface area contributed by atoms with Crippen LogP contribution >= 0.6 is 0 Å². The second-order valence-corrected chi connectivity index (χ2v) is 8.39. The molecule has 0 atom stereocenters. The van der Waals surface area contributed by atoms with Gasteiger partial charge in [0.25, 0.3) is 10.0 Å². The molecule has 3 aromatic rings. The average Bonchev–Trinajstić information content (AvgIpc) is 2.74. The molecule has 1 aliphatic rings. The number of aryl methyl sites for hydroxylation is 1. The monoisotopic (exact) mass is 394 g/mol. The van der Waals surface area contributed by atoms with E-state index in [1.54, 1.807) is 31.4 Å². The van der Waals surface area contributed by atoms with Crippen LogP contribution in [-0.4, -0.2) is 22.1 Å². The van der Waals surface area contributed by atoms with Crippen molar-refractivity contribution in [2.24, 2.45) is 0 Å². The fourth-order valence-electron chi connectivity index (χ4n) is 3.48.